The summed E-state index contributed by atoms with van der Waals surface area (Å²) in [5.41, 5.74) is 0. The zero-order chi connectivity index (χ0) is 10.4. The lowest BCUT2D eigenvalue weighted by atomic mass is 10.4. The maximum Gasteiger partial charge on any atom is 0.328 e. The number of hydrogen-bond acceptors (Lipinski definition) is 3. The van der Waals surface area contributed by atoms with Crippen molar-refractivity contribution in [2.24, 2.45) is 0 Å². The monoisotopic (exact) mass is 195 g/mol. The van der Waals surface area contributed by atoms with E-state index in [1.807, 2.05) is 0 Å². The molecule has 0 saturated heterocycles. The average molecular weight is 195 g/mol. The lowest BCUT2D eigenvalue weighted by Gasteiger charge is -1.97. The second-order valence-corrected chi connectivity index (χ2v) is 2.47. The SMILES string of the molecule is O=C(O)C=CC(=O)NCc1ccco1. The minimum atomic E-state index is -1.15. The van der Waals surface area contributed by atoms with E-state index in [1.165, 1.54) is 6.26 Å². The Morgan fingerprint density at radius 1 is 1.50 bits per heavy atom. The number of hydrogen-bond donors (Lipinski definition) is 2. The Morgan fingerprint density at radius 2 is 2.29 bits per heavy atom. The van der Waals surface area contributed by atoms with Crippen molar-refractivity contribution in [2.45, 2.75) is 6.54 Å². The molecule has 0 radical (unpaired) electrons. The summed E-state index contributed by atoms with van der Waals surface area (Å²) in [7, 11) is 0. The van der Waals surface area contributed by atoms with Crippen LogP contribution in [0.5, 0.6) is 0 Å². The quantitative estimate of drug-likeness (QED) is 0.687. The van der Waals surface area contributed by atoms with Crippen LogP contribution in [0.3, 0.4) is 0 Å². The van der Waals surface area contributed by atoms with E-state index < -0.39 is 11.9 Å². The number of carbonyl (C=O) groups excluding carboxylic acids is 1. The topological polar surface area (TPSA) is 79.5 Å². The highest BCUT2D eigenvalue weighted by atomic mass is 16.4. The molecule has 1 aromatic rings. The van der Waals surface area contributed by atoms with E-state index in [0.29, 0.717) is 5.76 Å². The van der Waals surface area contributed by atoms with Gasteiger partial charge in [-0.1, -0.05) is 0 Å². The molecule has 0 saturated carbocycles. The first kappa shape index (κ1) is 10.0. The molecule has 0 spiro atoms. The lowest BCUT2D eigenvalue weighted by molar-refractivity contribution is -0.131. The second-order valence-electron chi connectivity index (χ2n) is 2.47. The fourth-order valence-corrected chi connectivity index (χ4v) is 0.793. The standard InChI is InChI=1S/C9H9NO4/c11-8(3-4-9(12)13)10-6-7-2-1-5-14-7/h1-5H,6H2,(H,10,11)(H,12,13). The molecule has 14 heavy (non-hydrogen) atoms. The molecule has 74 valence electrons. The Kier molecular flexibility index (Phi) is 3.49. The molecular formula is C9H9NO4. The molecule has 1 amide bonds. The van der Waals surface area contributed by atoms with Gasteiger partial charge in [-0.05, 0) is 12.1 Å². The third-order valence-corrected chi connectivity index (χ3v) is 1.39. The van der Waals surface area contributed by atoms with Gasteiger partial charge in [-0.3, -0.25) is 4.79 Å². The molecule has 0 aliphatic rings. The third kappa shape index (κ3) is 3.57. The Balaban J connectivity index is 2.32. The molecule has 5 nitrogen and oxygen atoms in total. The number of amides is 1. The largest absolute Gasteiger partial charge is 0.478 e. The van der Waals surface area contributed by atoms with Crippen LogP contribution in [-0.4, -0.2) is 17.0 Å². The second kappa shape index (κ2) is 4.86. The van der Waals surface area contributed by atoms with Gasteiger partial charge in [0.1, 0.15) is 5.76 Å². The van der Waals surface area contributed by atoms with E-state index in [9.17, 15) is 9.59 Å². The molecule has 1 aromatic heterocycles. The van der Waals surface area contributed by atoms with Gasteiger partial charge >= 0.3 is 5.97 Å². The Hall–Kier alpha value is -2.04. The number of carboxylic acid groups (broad SMARTS) is 1. The van der Waals surface area contributed by atoms with Gasteiger partial charge in [-0.2, -0.15) is 0 Å². The minimum absolute atomic E-state index is 0.246. The normalized spacial score (nSPS) is 10.3. The molecule has 0 aliphatic heterocycles. The maximum absolute atomic E-state index is 10.9. The molecule has 1 rings (SSSR count). The van der Waals surface area contributed by atoms with Crippen LogP contribution >= 0.6 is 0 Å². The number of aliphatic carboxylic acids is 1. The summed E-state index contributed by atoms with van der Waals surface area (Å²) < 4.78 is 4.95. The molecule has 0 aliphatic carbocycles. The molecule has 0 aromatic carbocycles. The average Bonchev–Trinajstić information content (AvgIpc) is 2.63. The van der Waals surface area contributed by atoms with Crippen molar-refractivity contribution >= 4 is 11.9 Å². The van der Waals surface area contributed by atoms with Crippen LogP contribution in [-0.2, 0) is 16.1 Å². The Labute approximate surface area is 80.0 Å². The van der Waals surface area contributed by atoms with Crippen LogP contribution in [0, 0.1) is 0 Å². The van der Waals surface area contributed by atoms with Crippen LogP contribution in [0.1, 0.15) is 5.76 Å². The van der Waals surface area contributed by atoms with E-state index in [2.05, 4.69) is 5.32 Å². The van der Waals surface area contributed by atoms with Gasteiger partial charge in [0.2, 0.25) is 5.91 Å². The van der Waals surface area contributed by atoms with Crippen LogP contribution in [0.25, 0.3) is 0 Å². The van der Waals surface area contributed by atoms with E-state index in [0.717, 1.165) is 12.2 Å². The lowest BCUT2D eigenvalue weighted by Crippen LogP contribution is -2.20. The van der Waals surface area contributed by atoms with Gasteiger partial charge in [0, 0.05) is 12.2 Å². The summed E-state index contributed by atoms with van der Waals surface area (Å²) >= 11 is 0. The number of nitrogens with one attached hydrogen (secondary N) is 1. The molecule has 5 heteroatoms. The van der Waals surface area contributed by atoms with Gasteiger partial charge in [0.05, 0.1) is 12.8 Å². The van der Waals surface area contributed by atoms with Crippen molar-refractivity contribution in [1.82, 2.24) is 5.32 Å². The maximum atomic E-state index is 10.9. The number of furan rings is 1. The van der Waals surface area contributed by atoms with Gasteiger partial charge in [-0.15, -0.1) is 0 Å². The number of carbonyl (C=O) groups is 2. The Bertz CT molecular complexity index is 340. The van der Waals surface area contributed by atoms with Crippen molar-refractivity contribution in [3.05, 3.63) is 36.3 Å². The van der Waals surface area contributed by atoms with Crippen molar-refractivity contribution in [3.63, 3.8) is 0 Å². The first-order valence-corrected chi connectivity index (χ1v) is 3.89. The predicted molar refractivity (Wildman–Crippen MR) is 47.3 cm³/mol. The summed E-state index contributed by atoms with van der Waals surface area (Å²) in [4.78, 5) is 21.0. The minimum Gasteiger partial charge on any atom is -0.478 e. The van der Waals surface area contributed by atoms with E-state index in [4.69, 9.17) is 9.52 Å². The van der Waals surface area contributed by atoms with Crippen molar-refractivity contribution in [2.75, 3.05) is 0 Å². The molecule has 2 N–H and O–H groups in total. The third-order valence-electron chi connectivity index (χ3n) is 1.39. The van der Waals surface area contributed by atoms with E-state index >= 15 is 0 Å². The Morgan fingerprint density at radius 3 is 2.86 bits per heavy atom. The number of rotatable bonds is 4. The highest BCUT2D eigenvalue weighted by Gasteiger charge is 1.98. The summed E-state index contributed by atoms with van der Waals surface area (Å²) in [5, 5.41) is 10.7. The number of carboxylic acids is 1. The van der Waals surface area contributed by atoms with Crippen molar-refractivity contribution in [1.29, 1.82) is 0 Å². The molecule has 1 heterocycles. The fourth-order valence-electron chi connectivity index (χ4n) is 0.793. The molecule has 0 unspecified atom stereocenters. The van der Waals surface area contributed by atoms with Crippen LogP contribution in [0.4, 0.5) is 0 Å². The van der Waals surface area contributed by atoms with Crippen LogP contribution in [0.2, 0.25) is 0 Å². The highest BCUT2D eigenvalue weighted by Crippen LogP contribution is 1.98. The first-order valence-electron chi connectivity index (χ1n) is 3.89. The predicted octanol–water partition coefficient (Wildman–Crippen LogP) is 0.537. The van der Waals surface area contributed by atoms with Gasteiger partial charge in [0.15, 0.2) is 0 Å². The summed E-state index contributed by atoms with van der Waals surface area (Å²) in [6.45, 7) is 0.246. The molecular weight excluding hydrogens is 186 g/mol. The summed E-state index contributed by atoms with van der Waals surface area (Å²) in [6.07, 6.45) is 3.22. The summed E-state index contributed by atoms with van der Waals surface area (Å²) in [6, 6.07) is 3.41. The van der Waals surface area contributed by atoms with Gasteiger partial charge in [-0.25, -0.2) is 4.79 Å². The first-order chi connectivity index (χ1) is 6.68. The van der Waals surface area contributed by atoms with E-state index in [1.54, 1.807) is 12.1 Å². The molecule has 0 fully saturated rings. The van der Waals surface area contributed by atoms with Crippen molar-refractivity contribution < 1.29 is 19.1 Å². The van der Waals surface area contributed by atoms with E-state index in [-0.39, 0.29) is 6.54 Å². The zero-order valence-electron chi connectivity index (χ0n) is 7.27. The van der Waals surface area contributed by atoms with Gasteiger partial charge < -0.3 is 14.8 Å². The highest BCUT2D eigenvalue weighted by molar-refractivity contribution is 5.93. The fraction of sp³-hybridized carbons (Fsp3) is 0.111. The molecule has 0 atom stereocenters. The zero-order valence-corrected chi connectivity index (χ0v) is 7.27. The van der Waals surface area contributed by atoms with Crippen molar-refractivity contribution in [3.8, 4) is 0 Å². The van der Waals surface area contributed by atoms with Crippen LogP contribution in [0.15, 0.2) is 35.0 Å². The molecule has 0 bridgehead atoms. The smallest absolute Gasteiger partial charge is 0.328 e. The summed E-state index contributed by atoms with van der Waals surface area (Å²) in [5.74, 6) is -1.01. The van der Waals surface area contributed by atoms with Gasteiger partial charge in [0.25, 0.3) is 0 Å². The van der Waals surface area contributed by atoms with Crippen LogP contribution < -0.4 is 5.32 Å².